The average molecular weight is 547 g/mol. The zero-order chi connectivity index (χ0) is 28.3. The van der Waals surface area contributed by atoms with Gasteiger partial charge in [-0.1, -0.05) is 29.8 Å². The van der Waals surface area contributed by atoms with Crippen LogP contribution >= 0.6 is 0 Å². The number of nitrogens with zero attached hydrogens (tertiary/aromatic N) is 3. The van der Waals surface area contributed by atoms with Crippen LogP contribution in [0.3, 0.4) is 0 Å². The van der Waals surface area contributed by atoms with Crippen molar-refractivity contribution in [1.29, 1.82) is 0 Å². The van der Waals surface area contributed by atoms with Crippen molar-refractivity contribution < 1.29 is 17.6 Å². The Morgan fingerprint density at radius 3 is 2.23 bits per heavy atom. The van der Waals surface area contributed by atoms with Crippen LogP contribution in [0.5, 0.6) is 0 Å². The third-order valence-corrected chi connectivity index (χ3v) is 8.25. The van der Waals surface area contributed by atoms with E-state index < -0.39 is 22.5 Å². The van der Waals surface area contributed by atoms with E-state index >= 15 is 0 Å². The quantitative estimate of drug-likeness (QED) is 0.234. The molecule has 0 aliphatic heterocycles. The van der Waals surface area contributed by atoms with Crippen LogP contribution in [0.25, 0.3) is 5.69 Å². The van der Waals surface area contributed by atoms with Crippen LogP contribution in [0.15, 0.2) is 82.8 Å². The molecule has 39 heavy (non-hydrogen) atoms. The van der Waals surface area contributed by atoms with Gasteiger partial charge in [0.15, 0.2) is 0 Å². The smallest absolute Gasteiger partial charge is 0.264 e. The van der Waals surface area contributed by atoms with E-state index in [9.17, 15) is 17.6 Å². The Bertz CT molecular complexity index is 1640. The number of hydrogen-bond acceptors (Lipinski definition) is 4. The lowest BCUT2D eigenvalue weighted by Gasteiger charge is -2.25. The van der Waals surface area contributed by atoms with Crippen molar-refractivity contribution >= 4 is 27.8 Å². The molecule has 1 aromatic heterocycles. The maximum atomic E-state index is 13.7. The summed E-state index contributed by atoms with van der Waals surface area (Å²) in [5.41, 5.74) is 8.75. The number of amides is 1. The number of benzene rings is 3. The second-order valence-corrected chi connectivity index (χ2v) is 11.4. The number of aryl methyl sites for hydroxylation is 4. The second kappa shape index (κ2) is 11.2. The highest BCUT2D eigenvalue weighted by Gasteiger charge is 2.28. The first-order chi connectivity index (χ1) is 18.5. The van der Waals surface area contributed by atoms with Crippen molar-refractivity contribution in [3.05, 3.63) is 112 Å². The van der Waals surface area contributed by atoms with Gasteiger partial charge in [0, 0.05) is 22.6 Å². The van der Waals surface area contributed by atoms with Crippen molar-refractivity contribution in [3.63, 3.8) is 0 Å². The van der Waals surface area contributed by atoms with E-state index in [4.69, 9.17) is 0 Å². The first-order valence-electron chi connectivity index (χ1n) is 12.4. The Hall–Kier alpha value is -4.24. The minimum atomic E-state index is -4.03. The summed E-state index contributed by atoms with van der Waals surface area (Å²) < 4.78 is 43.8. The Morgan fingerprint density at radius 2 is 1.56 bits per heavy atom. The van der Waals surface area contributed by atoms with E-state index in [1.165, 1.54) is 30.5 Å². The molecule has 3 aromatic carbocycles. The van der Waals surface area contributed by atoms with E-state index in [2.05, 4.69) is 10.5 Å². The number of nitrogens with one attached hydrogen (secondary N) is 1. The zero-order valence-corrected chi connectivity index (χ0v) is 23.4. The first kappa shape index (κ1) is 27.8. The molecule has 4 aromatic rings. The van der Waals surface area contributed by atoms with Crippen LogP contribution in [0, 0.1) is 40.4 Å². The third kappa shape index (κ3) is 6.09. The van der Waals surface area contributed by atoms with Crippen molar-refractivity contribution in [2.45, 2.75) is 39.5 Å². The summed E-state index contributed by atoms with van der Waals surface area (Å²) in [6.45, 7) is 8.92. The van der Waals surface area contributed by atoms with E-state index in [0.717, 1.165) is 43.6 Å². The van der Waals surface area contributed by atoms with Crippen LogP contribution in [0.4, 0.5) is 10.1 Å². The number of sulfonamides is 1. The van der Waals surface area contributed by atoms with Gasteiger partial charge in [-0.2, -0.15) is 5.10 Å². The lowest BCUT2D eigenvalue weighted by atomic mass is 10.1. The van der Waals surface area contributed by atoms with Crippen LogP contribution < -0.4 is 9.73 Å². The largest absolute Gasteiger partial charge is 0.318 e. The molecule has 1 N–H and O–H groups in total. The van der Waals surface area contributed by atoms with E-state index in [0.29, 0.717) is 5.69 Å². The van der Waals surface area contributed by atoms with E-state index in [1.807, 2.05) is 50.5 Å². The van der Waals surface area contributed by atoms with Gasteiger partial charge in [-0.05, 0) is 94.3 Å². The molecule has 0 aliphatic rings. The summed E-state index contributed by atoms with van der Waals surface area (Å²) in [7, 11) is -4.03. The molecule has 4 rings (SSSR count). The van der Waals surface area contributed by atoms with Gasteiger partial charge in [0.05, 0.1) is 16.8 Å². The normalized spacial score (nSPS) is 11.6. The highest BCUT2D eigenvalue weighted by molar-refractivity contribution is 7.92. The van der Waals surface area contributed by atoms with Gasteiger partial charge in [0.25, 0.3) is 15.9 Å². The van der Waals surface area contributed by atoms with Crippen molar-refractivity contribution in [1.82, 2.24) is 9.99 Å². The van der Waals surface area contributed by atoms with Gasteiger partial charge in [-0.25, -0.2) is 18.2 Å². The van der Waals surface area contributed by atoms with Gasteiger partial charge in [0.2, 0.25) is 0 Å². The zero-order valence-electron chi connectivity index (χ0n) is 22.6. The Labute approximate surface area is 228 Å². The lowest BCUT2D eigenvalue weighted by molar-refractivity contribution is -0.119. The minimum Gasteiger partial charge on any atom is -0.318 e. The Morgan fingerprint density at radius 1 is 0.923 bits per heavy atom. The fourth-order valence-corrected chi connectivity index (χ4v) is 5.85. The molecule has 0 saturated carbocycles. The van der Waals surface area contributed by atoms with Gasteiger partial charge in [-0.3, -0.25) is 9.10 Å². The maximum absolute atomic E-state index is 13.7. The molecule has 0 aliphatic carbocycles. The van der Waals surface area contributed by atoms with Crippen LogP contribution in [-0.2, 0) is 14.8 Å². The molecule has 0 atom stereocenters. The van der Waals surface area contributed by atoms with Crippen LogP contribution in [0.1, 0.15) is 33.6 Å². The second-order valence-electron chi connectivity index (χ2n) is 9.55. The number of anilines is 1. The number of hydrazone groups is 1. The SMILES string of the molecule is Cc1ccc(S(=O)(=O)N(CC(=O)N/N=C\c2cc(C)n(-c3ccc(F)cc3)c2C)c2cc(C)ccc2C)cc1. The predicted octanol–water partition coefficient (Wildman–Crippen LogP) is 5.50. The summed E-state index contributed by atoms with van der Waals surface area (Å²) >= 11 is 0. The molecular formula is C30H31FN4O3S. The highest BCUT2D eigenvalue weighted by Crippen LogP contribution is 2.28. The number of aromatic nitrogens is 1. The summed E-state index contributed by atoms with van der Waals surface area (Å²) in [6, 6.07) is 20.1. The van der Waals surface area contributed by atoms with Crippen LogP contribution in [0.2, 0.25) is 0 Å². The number of carbonyl (C=O) groups is 1. The van der Waals surface area contributed by atoms with Crippen LogP contribution in [-0.4, -0.2) is 31.7 Å². The highest BCUT2D eigenvalue weighted by atomic mass is 32.2. The molecule has 0 radical (unpaired) electrons. The van der Waals surface area contributed by atoms with Crippen molar-refractivity contribution in [3.8, 4) is 5.69 Å². The minimum absolute atomic E-state index is 0.0959. The molecule has 202 valence electrons. The maximum Gasteiger partial charge on any atom is 0.264 e. The van der Waals surface area contributed by atoms with E-state index in [-0.39, 0.29) is 10.7 Å². The first-order valence-corrected chi connectivity index (χ1v) is 13.8. The molecule has 0 spiro atoms. The molecule has 0 fully saturated rings. The molecular weight excluding hydrogens is 515 g/mol. The Balaban J connectivity index is 1.58. The summed E-state index contributed by atoms with van der Waals surface area (Å²) in [6.07, 6.45) is 1.51. The molecule has 1 amide bonds. The van der Waals surface area contributed by atoms with Gasteiger partial charge in [-0.15, -0.1) is 0 Å². The molecule has 0 unspecified atom stereocenters. The summed E-state index contributed by atoms with van der Waals surface area (Å²) in [5, 5.41) is 4.10. The molecule has 9 heteroatoms. The topological polar surface area (TPSA) is 83.8 Å². The lowest BCUT2D eigenvalue weighted by Crippen LogP contribution is -2.40. The number of halogens is 1. The van der Waals surface area contributed by atoms with Gasteiger partial charge >= 0.3 is 0 Å². The predicted molar refractivity (Wildman–Crippen MR) is 153 cm³/mol. The van der Waals surface area contributed by atoms with E-state index in [1.54, 1.807) is 37.3 Å². The van der Waals surface area contributed by atoms with Gasteiger partial charge < -0.3 is 4.57 Å². The molecule has 0 bridgehead atoms. The fraction of sp³-hybridized carbons (Fsp3) is 0.200. The summed E-state index contributed by atoms with van der Waals surface area (Å²) in [5.74, 6) is -0.903. The Kier molecular flexibility index (Phi) is 8.01. The van der Waals surface area contributed by atoms with Crippen molar-refractivity contribution in [2.24, 2.45) is 5.10 Å². The number of hydrogen-bond donors (Lipinski definition) is 1. The molecule has 0 saturated heterocycles. The average Bonchev–Trinajstić information content (AvgIpc) is 3.17. The third-order valence-electron chi connectivity index (χ3n) is 6.48. The summed E-state index contributed by atoms with van der Waals surface area (Å²) in [4.78, 5) is 13.1. The molecule has 1 heterocycles. The number of carbonyl (C=O) groups excluding carboxylic acids is 1. The number of rotatable bonds is 8. The molecule has 7 nitrogen and oxygen atoms in total. The fourth-order valence-electron chi connectivity index (χ4n) is 4.37. The monoisotopic (exact) mass is 546 g/mol. The standard InChI is InChI=1S/C30H31FN4O3S/c1-20-7-14-28(15-8-20)39(37,38)34(29-16-21(2)6-9-22(29)3)19-30(36)33-32-18-25-17-23(4)35(24(25)5)27-12-10-26(31)11-13-27/h6-18H,19H2,1-5H3,(H,33,36)/b32-18-. The van der Waals surface area contributed by atoms with Gasteiger partial charge in [0.1, 0.15) is 12.4 Å². The van der Waals surface area contributed by atoms with Crippen molar-refractivity contribution in [2.75, 3.05) is 10.8 Å².